The highest BCUT2D eigenvalue weighted by molar-refractivity contribution is 9.10. The summed E-state index contributed by atoms with van der Waals surface area (Å²) in [6.45, 7) is 1.41. The standard InChI is InChI=1S/C23H24BrNO3/c24-14-9-10-20(26)19(12-14)22-17-6-1-5-16(17)18-7-2-8-21(23(18)25-22)28-13-15-4-3-11-27-15/h1-2,5,7-10,12,15-17,22,25-26H,3-4,6,11,13H2. The Balaban J connectivity index is 1.50. The maximum atomic E-state index is 10.5. The van der Waals surface area contributed by atoms with Crippen LogP contribution in [0.4, 0.5) is 5.69 Å². The van der Waals surface area contributed by atoms with Gasteiger partial charge in [0.15, 0.2) is 0 Å². The second-order valence-corrected chi connectivity index (χ2v) is 8.76. The fraction of sp³-hybridized carbons (Fsp3) is 0.391. The summed E-state index contributed by atoms with van der Waals surface area (Å²) in [6.07, 6.45) is 7.91. The predicted octanol–water partition coefficient (Wildman–Crippen LogP) is 5.54. The number of phenols is 1. The van der Waals surface area contributed by atoms with Gasteiger partial charge in [0.2, 0.25) is 0 Å². The van der Waals surface area contributed by atoms with Crippen LogP contribution < -0.4 is 10.1 Å². The summed E-state index contributed by atoms with van der Waals surface area (Å²) >= 11 is 3.55. The number of hydrogen-bond donors (Lipinski definition) is 2. The third-order valence-electron chi connectivity index (χ3n) is 6.13. The SMILES string of the molecule is Oc1ccc(Br)cc1C1Nc2c(OCC3CCCO3)cccc2C2C=CCC21. The number of hydrogen-bond acceptors (Lipinski definition) is 4. The predicted molar refractivity (Wildman–Crippen MR) is 113 cm³/mol. The zero-order valence-corrected chi connectivity index (χ0v) is 17.2. The summed E-state index contributed by atoms with van der Waals surface area (Å²) in [6, 6.07) is 12.0. The number of rotatable bonds is 4. The van der Waals surface area contributed by atoms with Gasteiger partial charge in [-0.05, 0) is 55.0 Å². The van der Waals surface area contributed by atoms with Gasteiger partial charge in [0, 0.05) is 22.6 Å². The quantitative estimate of drug-likeness (QED) is 0.611. The van der Waals surface area contributed by atoms with Crippen LogP contribution in [0.1, 0.15) is 42.3 Å². The van der Waals surface area contributed by atoms with E-state index in [1.807, 2.05) is 18.2 Å². The number of phenolic OH excluding ortho intramolecular Hbond substituents is 1. The lowest BCUT2D eigenvalue weighted by atomic mass is 9.76. The highest BCUT2D eigenvalue weighted by Gasteiger charge is 2.40. The molecule has 4 atom stereocenters. The van der Waals surface area contributed by atoms with Crippen molar-refractivity contribution in [3.63, 3.8) is 0 Å². The molecule has 1 saturated heterocycles. The molecule has 5 heteroatoms. The molecule has 2 aliphatic heterocycles. The average molecular weight is 442 g/mol. The third kappa shape index (κ3) is 3.20. The van der Waals surface area contributed by atoms with Crippen molar-refractivity contribution in [2.75, 3.05) is 18.5 Å². The molecule has 2 N–H and O–H groups in total. The fourth-order valence-electron chi connectivity index (χ4n) is 4.75. The van der Waals surface area contributed by atoms with Crippen LogP contribution in [-0.2, 0) is 4.74 Å². The maximum absolute atomic E-state index is 10.5. The van der Waals surface area contributed by atoms with Crippen molar-refractivity contribution in [2.24, 2.45) is 5.92 Å². The van der Waals surface area contributed by atoms with E-state index in [9.17, 15) is 5.11 Å². The van der Waals surface area contributed by atoms with Crippen molar-refractivity contribution in [3.8, 4) is 11.5 Å². The van der Waals surface area contributed by atoms with E-state index in [2.05, 4.69) is 45.5 Å². The molecule has 146 valence electrons. The van der Waals surface area contributed by atoms with Crippen molar-refractivity contribution in [3.05, 3.63) is 64.1 Å². The molecule has 2 aromatic carbocycles. The first-order valence-corrected chi connectivity index (χ1v) is 10.8. The number of para-hydroxylation sites is 1. The molecule has 0 saturated carbocycles. The number of anilines is 1. The lowest BCUT2D eigenvalue weighted by Gasteiger charge is -2.38. The Morgan fingerprint density at radius 2 is 2.14 bits per heavy atom. The second-order valence-electron chi connectivity index (χ2n) is 7.85. The first kappa shape index (κ1) is 18.1. The maximum Gasteiger partial charge on any atom is 0.142 e. The number of ether oxygens (including phenoxy) is 2. The summed E-state index contributed by atoms with van der Waals surface area (Å²) in [5, 5.41) is 14.3. The van der Waals surface area contributed by atoms with Gasteiger partial charge in [-0.15, -0.1) is 0 Å². The zero-order valence-electron chi connectivity index (χ0n) is 15.6. The Morgan fingerprint density at radius 3 is 3.00 bits per heavy atom. The van der Waals surface area contributed by atoms with E-state index in [0.717, 1.165) is 47.3 Å². The van der Waals surface area contributed by atoms with Crippen LogP contribution in [0.5, 0.6) is 11.5 Å². The zero-order chi connectivity index (χ0) is 19.1. The number of fused-ring (bicyclic) bond motifs is 3. The van der Waals surface area contributed by atoms with Crippen molar-refractivity contribution >= 4 is 21.6 Å². The first-order valence-electron chi connectivity index (χ1n) is 9.99. The molecule has 2 aromatic rings. The molecule has 3 aliphatic rings. The fourth-order valence-corrected chi connectivity index (χ4v) is 5.13. The minimum atomic E-state index is 0.0254. The summed E-state index contributed by atoms with van der Waals surface area (Å²) in [5.41, 5.74) is 3.24. The minimum Gasteiger partial charge on any atom is -0.508 e. The van der Waals surface area contributed by atoms with Crippen LogP contribution in [0.25, 0.3) is 0 Å². The molecule has 4 nitrogen and oxygen atoms in total. The summed E-state index contributed by atoms with van der Waals surface area (Å²) in [4.78, 5) is 0. The van der Waals surface area contributed by atoms with E-state index in [1.54, 1.807) is 6.07 Å². The Bertz CT molecular complexity index is 907. The average Bonchev–Trinajstić information content (AvgIpc) is 3.39. The number of nitrogens with one attached hydrogen (secondary N) is 1. The van der Waals surface area contributed by atoms with E-state index in [0.29, 0.717) is 24.2 Å². The summed E-state index contributed by atoms with van der Waals surface area (Å²) < 4.78 is 12.9. The normalized spacial score (nSPS) is 27.9. The van der Waals surface area contributed by atoms with E-state index < -0.39 is 0 Å². The molecule has 0 spiro atoms. The minimum absolute atomic E-state index is 0.0254. The van der Waals surface area contributed by atoms with Gasteiger partial charge in [0.1, 0.15) is 18.1 Å². The van der Waals surface area contributed by atoms with E-state index in [-0.39, 0.29) is 12.1 Å². The molecule has 0 radical (unpaired) electrons. The lowest BCUT2D eigenvalue weighted by Crippen LogP contribution is -2.29. The second kappa shape index (κ2) is 7.45. The molecule has 1 aliphatic carbocycles. The molecule has 1 fully saturated rings. The van der Waals surface area contributed by atoms with Crippen LogP contribution in [0.2, 0.25) is 0 Å². The van der Waals surface area contributed by atoms with Gasteiger partial charge in [-0.3, -0.25) is 0 Å². The van der Waals surface area contributed by atoms with Gasteiger partial charge in [-0.2, -0.15) is 0 Å². The van der Waals surface area contributed by atoms with Crippen molar-refractivity contribution < 1.29 is 14.6 Å². The molecule has 0 amide bonds. The van der Waals surface area contributed by atoms with Crippen molar-refractivity contribution in [2.45, 2.75) is 37.3 Å². The third-order valence-corrected chi connectivity index (χ3v) is 6.63. The molecular formula is C23H24BrNO3. The Hall–Kier alpha value is -1.98. The Labute approximate surface area is 173 Å². The van der Waals surface area contributed by atoms with Gasteiger partial charge in [0.05, 0.1) is 17.8 Å². The smallest absolute Gasteiger partial charge is 0.142 e. The van der Waals surface area contributed by atoms with Crippen LogP contribution in [0.15, 0.2) is 53.0 Å². The molecular weight excluding hydrogens is 418 g/mol. The summed E-state index contributed by atoms with van der Waals surface area (Å²) in [7, 11) is 0. The molecule has 5 rings (SSSR count). The highest BCUT2D eigenvalue weighted by atomic mass is 79.9. The van der Waals surface area contributed by atoms with Gasteiger partial charge < -0.3 is 19.9 Å². The van der Waals surface area contributed by atoms with Crippen LogP contribution in [0, 0.1) is 5.92 Å². The number of aromatic hydroxyl groups is 1. The number of benzene rings is 2. The first-order chi connectivity index (χ1) is 13.7. The topological polar surface area (TPSA) is 50.7 Å². The van der Waals surface area contributed by atoms with E-state index in [4.69, 9.17) is 9.47 Å². The lowest BCUT2D eigenvalue weighted by molar-refractivity contribution is 0.0681. The summed E-state index contributed by atoms with van der Waals surface area (Å²) in [5.74, 6) is 1.89. The Morgan fingerprint density at radius 1 is 1.21 bits per heavy atom. The van der Waals surface area contributed by atoms with Crippen LogP contribution >= 0.6 is 15.9 Å². The van der Waals surface area contributed by atoms with E-state index >= 15 is 0 Å². The highest BCUT2D eigenvalue weighted by Crippen LogP contribution is 2.53. The molecule has 0 bridgehead atoms. The molecule has 28 heavy (non-hydrogen) atoms. The largest absolute Gasteiger partial charge is 0.508 e. The van der Waals surface area contributed by atoms with Crippen molar-refractivity contribution in [1.29, 1.82) is 0 Å². The van der Waals surface area contributed by atoms with Gasteiger partial charge in [-0.25, -0.2) is 0 Å². The molecule has 0 aromatic heterocycles. The number of allylic oxidation sites excluding steroid dienone is 2. The molecule has 4 unspecified atom stereocenters. The van der Waals surface area contributed by atoms with Gasteiger partial charge in [0.25, 0.3) is 0 Å². The van der Waals surface area contributed by atoms with Gasteiger partial charge in [-0.1, -0.05) is 40.2 Å². The van der Waals surface area contributed by atoms with E-state index in [1.165, 1.54) is 5.56 Å². The Kier molecular flexibility index (Phi) is 4.81. The van der Waals surface area contributed by atoms with Crippen molar-refractivity contribution in [1.82, 2.24) is 0 Å². The monoisotopic (exact) mass is 441 g/mol. The van der Waals surface area contributed by atoms with Gasteiger partial charge >= 0.3 is 0 Å². The molecule has 2 heterocycles. The van der Waals surface area contributed by atoms with Crippen LogP contribution in [-0.4, -0.2) is 24.4 Å². The van der Waals surface area contributed by atoms with Crippen LogP contribution in [0.3, 0.4) is 0 Å². The number of halogens is 1.